The number of cyclic esters (lactones) is 1. The van der Waals surface area contributed by atoms with E-state index in [-0.39, 0.29) is 12.5 Å². The maximum absolute atomic E-state index is 12.8. The van der Waals surface area contributed by atoms with Gasteiger partial charge in [-0.05, 0) is 37.6 Å². The molecule has 1 aromatic heterocycles. The highest BCUT2D eigenvalue weighted by Crippen LogP contribution is 2.30. The van der Waals surface area contributed by atoms with Crippen molar-refractivity contribution in [1.29, 1.82) is 0 Å². The van der Waals surface area contributed by atoms with Gasteiger partial charge in [-0.3, -0.25) is 4.79 Å². The predicted octanol–water partition coefficient (Wildman–Crippen LogP) is 4.56. The Morgan fingerprint density at radius 3 is 2.72 bits per heavy atom. The molecule has 0 fully saturated rings. The van der Waals surface area contributed by atoms with Gasteiger partial charge >= 0.3 is 5.97 Å². The number of hydrogen-bond acceptors (Lipinski definition) is 5. The van der Waals surface area contributed by atoms with Crippen molar-refractivity contribution in [3.63, 3.8) is 0 Å². The summed E-state index contributed by atoms with van der Waals surface area (Å²) in [5.74, 6) is -0.805. The number of hydrogen-bond donors (Lipinski definition) is 1. The third kappa shape index (κ3) is 3.91. The number of carbonyl (C=O) groups is 2. The molecule has 1 aliphatic heterocycles. The quantitative estimate of drug-likeness (QED) is 0.621. The number of carbonyl (C=O) groups excluding carboxylic acids is 2. The van der Waals surface area contributed by atoms with E-state index in [1.54, 1.807) is 19.1 Å². The van der Waals surface area contributed by atoms with Crippen molar-refractivity contribution >= 4 is 34.8 Å². The second-order valence-electron chi connectivity index (χ2n) is 7.16. The molecule has 3 aromatic rings. The molecule has 1 atom stereocenters. The number of nitrogens with one attached hydrogen (secondary N) is 1. The third-order valence-corrected chi connectivity index (χ3v) is 6.14. The fourth-order valence-corrected chi connectivity index (χ4v) is 4.43. The van der Waals surface area contributed by atoms with Gasteiger partial charge in [-0.1, -0.05) is 41.9 Å². The van der Waals surface area contributed by atoms with Crippen LogP contribution in [0.1, 0.15) is 32.7 Å². The number of aromatic nitrogens is 1. The lowest BCUT2D eigenvalue weighted by molar-refractivity contribution is -0.139. The van der Waals surface area contributed by atoms with Crippen LogP contribution in [-0.4, -0.2) is 22.5 Å². The average Bonchev–Trinajstić information content (AvgIpc) is 3.07. The molecular formula is C22H19ClN2O3S. The molecule has 5 nitrogen and oxygen atoms in total. The Kier molecular flexibility index (Phi) is 5.15. The number of halogens is 1. The van der Waals surface area contributed by atoms with Crippen LogP contribution >= 0.6 is 22.9 Å². The number of nitrogens with zero attached hydrogens (tertiary/aromatic N) is 1. The van der Waals surface area contributed by atoms with Crippen LogP contribution in [0.25, 0.3) is 11.3 Å². The first-order valence-corrected chi connectivity index (χ1v) is 10.4. The van der Waals surface area contributed by atoms with E-state index >= 15 is 0 Å². The summed E-state index contributed by atoms with van der Waals surface area (Å²) in [6.45, 7) is 3.91. The highest BCUT2D eigenvalue weighted by molar-refractivity contribution is 7.12. The lowest BCUT2D eigenvalue weighted by atomic mass is 9.89. The average molecular weight is 427 g/mol. The summed E-state index contributed by atoms with van der Waals surface area (Å²) in [7, 11) is 0. The van der Waals surface area contributed by atoms with Gasteiger partial charge in [0.05, 0.1) is 17.8 Å². The van der Waals surface area contributed by atoms with E-state index in [9.17, 15) is 9.59 Å². The molecule has 29 heavy (non-hydrogen) atoms. The molecule has 0 aliphatic carbocycles. The van der Waals surface area contributed by atoms with E-state index in [2.05, 4.69) is 10.3 Å². The number of ether oxygens (including phenoxy) is 1. The molecule has 0 saturated carbocycles. The first kappa shape index (κ1) is 19.6. The molecule has 7 heteroatoms. The number of thiazole rings is 1. The molecule has 4 rings (SSSR count). The van der Waals surface area contributed by atoms with Crippen LogP contribution in [0.2, 0.25) is 5.02 Å². The van der Waals surface area contributed by atoms with Crippen LogP contribution in [0.5, 0.6) is 0 Å². The van der Waals surface area contributed by atoms with E-state index in [0.29, 0.717) is 17.0 Å². The summed E-state index contributed by atoms with van der Waals surface area (Å²) in [5.41, 5.74) is 1.94. The van der Waals surface area contributed by atoms with Crippen molar-refractivity contribution in [2.45, 2.75) is 32.4 Å². The molecule has 2 aromatic carbocycles. The van der Waals surface area contributed by atoms with Gasteiger partial charge in [-0.2, -0.15) is 0 Å². The molecule has 1 amide bonds. The van der Waals surface area contributed by atoms with Crippen molar-refractivity contribution in [1.82, 2.24) is 10.3 Å². The van der Waals surface area contributed by atoms with E-state index in [1.165, 1.54) is 11.3 Å². The van der Waals surface area contributed by atoms with Crippen molar-refractivity contribution in [3.05, 3.63) is 74.6 Å². The maximum atomic E-state index is 12.8. The Morgan fingerprint density at radius 1 is 1.24 bits per heavy atom. The minimum atomic E-state index is -1.24. The maximum Gasteiger partial charge on any atom is 0.339 e. The highest BCUT2D eigenvalue weighted by atomic mass is 35.5. The molecule has 2 heterocycles. The molecule has 0 spiro atoms. The zero-order valence-corrected chi connectivity index (χ0v) is 17.6. The van der Waals surface area contributed by atoms with Gasteiger partial charge in [0.2, 0.25) is 0 Å². The highest BCUT2D eigenvalue weighted by Gasteiger charge is 2.42. The lowest BCUT2D eigenvalue weighted by Gasteiger charge is -2.32. The molecule has 148 valence electrons. The molecule has 1 unspecified atom stereocenters. The lowest BCUT2D eigenvalue weighted by Crippen LogP contribution is -2.51. The second kappa shape index (κ2) is 7.61. The van der Waals surface area contributed by atoms with Gasteiger partial charge in [0.25, 0.3) is 5.91 Å². The monoisotopic (exact) mass is 426 g/mol. The van der Waals surface area contributed by atoms with Crippen molar-refractivity contribution in [2.24, 2.45) is 0 Å². The molecule has 1 N–H and O–H groups in total. The Hall–Kier alpha value is -2.70. The Labute approximate surface area is 177 Å². The van der Waals surface area contributed by atoms with Crippen LogP contribution in [0.3, 0.4) is 0 Å². The topological polar surface area (TPSA) is 68.3 Å². The Morgan fingerprint density at radius 2 is 1.97 bits per heavy atom. The van der Waals surface area contributed by atoms with Gasteiger partial charge in [0, 0.05) is 21.9 Å². The minimum absolute atomic E-state index is 0.271. The number of fused-ring (bicyclic) bond motifs is 1. The Balaban J connectivity index is 1.47. The third-order valence-electron chi connectivity index (χ3n) is 4.92. The number of esters is 1. The van der Waals surface area contributed by atoms with Gasteiger partial charge in [-0.25, -0.2) is 9.78 Å². The number of benzene rings is 2. The van der Waals surface area contributed by atoms with Gasteiger partial charge < -0.3 is 10.1 Å². The largest absolute Gasteiger partial charge is 0.445 e. The first-order chi connectivity index (χ1) is 13.9. The molecular weight excluding hydrogens is 408 g/mol. The van der Waals surface area contributed by atoms with Gasteiger partial charge in [0.15, 0.2) is 5.60 Å². The number of rotatable bonds is 4. The van der Waals surface area contributed by atoms with Crippen molar-refractivity contribution in [3.8, 4) is 11.3 Å². The van der Waals surface area contributed by atoms with E-state index in [4.69, 9.17) is 16.3 Å². The summed E-state index contributed by atoms with van der Waals surface area (Å²) < 4.78 is 5.48. The zero-order chi connectivity index (χ0) is 20.6. The normalized spacial score (nSPS) is 18.1. The summed E-state index contributed by atoms with van der Waals surface area (Å²) in [6.07, 6.45) is 0.341. The molecule has 0 saturated heterocycles. The molecule has 1 aliphatic rings. The van der Waals surface area contributed by atoms with Crippen LogP contribution in [0.4, 0.5) is 0 Å². The Bertz CT molecular complexity index is 1090. The van der Waals surface area contributed by atoms with E-state index < -0.39 is 11.6 Å². The van der Waals surface area contributed by atoms with Crippen LogP contribution < -0.4 is 5.32 Å². The first-order valence-electron chi connectivity index (χ1n) is 9.17. The minimum Gasteiger partial charge on any atom is -0.445 e. The summed E-state index contributed by atoms with van der Waals surface area (Å²) in [6, 6.07) is 14.7. The predicted molar refractivity (Wildman–Crippen MR) is 113 cm³/mol. The standard InChI is InChI=1S/C22H19ClN2O3S/c1-13-19(14-7-9-16(23)10-8-14)25-18(29-13)12-24-21(27)22(2)11-15-5-3-4-6-17(15)20(26)28-22/h3-10H,11-12H2,1-2H3,(H,24,27). The zero-order valence-electron chi connectivity index (χ0n) is 16.0. The van der Waals surface area contributed by atoms with Crippen molar-refractivity contribution < 1.29 is 14.3 Å². The fourth-order valence-electron chi connectivity index (χ4n) is 3.40. The van der Waals surface area contributed by atoms with E-state index in [0.717, 1.165) is 26.7 Å². The van der Waals surface area contributed by atoms with Crippen LogP contribution in [-0.2, 0) is 22.5 Å². The summed E-state index contributed by atoms with van der Waals surface area (Å²) in [4.78, 5) is 30.8. The summed E-state index contributed by atoms with van der Waals surface area (Å²) in [5, 5.41) is 4.33. The molecule has 0 bridgehead atoms. The van der Waals surface area contributed by atoms with Crippen molar-refractivity contribution in [2.75, 3.05) is 0 Å². The van der Waals surface area contributed by atoms with Crippen LogP contribution in [0.15, 0.2) is 48.5 Å². The number of amides is 1. The number of aryl methyl sites for hydroxylation is 1. The van der Waals surface area contributed by atoms with Crippen LogP contribution in [0, 0.1) is 6.92 Å². The fraction of sp³-hybridized carbons (Fsp3) is 0.227. The smallest absolute Gasteiger partial charge is 0.339 e. The van der Waals surface area contributed by atoms with Gasteiger partial charge in [0.1, 0.15) is 5.01 Å². The van der Waals surface area contributed by atoms with Gasteiger partial charge in [-0.15, -0.1) is 11.3 Å². The SMILES string of the molecule is Cc1sc(CNC(=O)C2(C)Cc3ccccc3C(=O)O2)nc1-c1ccc(Cl)cc1. The molecule has 0 radical (unpaired) electrons. The van der Waals surface area contributed by atoms with E-state index in [1.807, 2.05) is 43.3 Å². The summed E-state index contributed by atoms with van der Waals surface area (Å²) >= 11 is 7.48. The second-order valence-corrected chi connectivity index (χ2v) is 8.88.